The molecule has 0 saturated heterocycles. The Hall–Kier alpha value is -0.900. The molecule has 0 radical (unpaired) electrons. The van der Waals surface area contributed by atoms with E-state index in [1.54, 1.807) is 6.92 Å². The quantitative estimate of drug-likeness (QED) is 0.360. The molecular weight excluding hydrogens is 136 g/mol. The molecule has 0 aliphatic carbocycles. The van der Waals surface area contributed by atoms with Crippen molar-refractivity contribution in [2.75, 3.05) is 0 Å². The lowest BCUT2D eigenvalue weighted by atomic mass is 10.0. The summed E-state index contributed by atoms with van der Waals surface area (Å²) in [6.07, 6.45) is 0.356. The normalized spacial score (nSPS) is 12.3. The van der Waals surface area contributed by atoms with Gasteiger partial charge in [0.1, 0.15) is 11.7 Å². The maximum absolute atomic E-state index is 10.6. The molecule has 0 aliphatic rings. The summed E-state index contributed by atoms with van der Waals surface area (Å²) >= 11 is 0. The summed E-state index contributed by atoms with van der Waals surface area (Å²) in [5.41, 5.74) is 0. The van der Waals surface area contributed by atoms with Crippen molar-refractivity contribution >= 4 is 11.8 Å². The van der Waals surface area contributed by atoms with E-state index in [4.69, 9.17) is 5.26 Å². The van der Waals surface area contributed by atoms with Crippen molar-refractivity contribution in [1.29, 1.82) is 0 Å². The molecule has 0 amide bonds. The van der Waals surface area contributed by atoms with Crippen LogP contribution in [0, 0.1) is 5.92 Å². The Morgan fingerprint density at radius 3 is 2.20 bits per heavy atom. The summed E-state index contributed by atoms with van der Waals surface area (Å²) in [6.45, 7) is 2.95. The minimum atomic E-state index is -0.880. The Kier molecular flexibility index (Phi) is 3.64. The van der Waals surface area contributed by atoms with Crippen LogP contribution in [-0.2, 0) is 14.5 Å². The summed E-state index contributed by atoms with van der Waals surface area (Å²) in [6, 6.07) is 0. The summed E-state index contributed by atoms with van der Waals surface area (Å²) in [5, 5.41) is 7.88. The first kappa shape index (κ1) is 9.10. The van der Waals surface area contributed by atoms with E-state index in [-0.39, 0.29) is 5.78 Å². The molecule has 0 aromatic heterocycles. The molecule has 0 aromatic carbocycles. The lowest BCUT2D eigenvalue weighted by Gasteiger charge is -2.04. The van der Waals surface area contributed by atoms with E-state index in [1.165, 1.54) is 6.92 Å². The molecule has 10 heavy (non-hydrogen) atoms. The van der Waals surface area contributed by atoms with Crippen molar-refractivity contribution in [3.05, 3.63) is 0 Å². The molecule has 0 rings (SSSR count). The summed E-state index contributed by atoms with van der Waals surface area (Å²) in [4.78, 5) is 24.5. The van der Waals surface area contributed by atoms with E-state index in [0.29, 0.717) is 6.42 Å². The van der Waals surface area contributed by atoms with Crippen LogP contribution in [0.3, 0.4) is 0 Å². The highest BCUT2D eigenvalue weighted by Gasteiger charge is 2.22. The van der Waals surface area contributed by atoms with Crippen molar-refractivity contribution in [2.45, 2.75) is 20.3 Å². The van der Waals surface area contributed by atoms with E-state index in [1.807, 2.05) is 0 Å². The van der Waals surface area contributed by atoms with Gasteiger partial charge in [0.25, 0.3) is 0 Å². The molecule has 58 valence electrons. The second-order valence-corrected chi connectivity index (χ2v) is 1.98. The van der Waals surface area contributed by atoms with Gasteiger partial charge in [-0.15, -0.1) is 0 Å². The van der Waals surface area contributed by atoms with Crippen LogP contribution >= 0.6 is 0 Å². The van der Waals surface area contributed by atoms with Crippen molar-refractivity contribution in [1.82, 2.24) is 0 Å². The SMILES string of the molecule is CCC(C(C)=O)C(=O)OO. The first-order valence-corrected chi connectivity index (χ1v) is 2.99. The first-order valence-electron chi connectivity index (χ1n) is 2.99. The van der Waals surface area contributed by atoms with E-state index < -0.39 is 11.9 Å². The molecule has 4 heteroatoms. The van der Waals surface area contributed by atoms with Crippen LogP contribution in [0.2, 0.25) is 0 Å². The fourth-order valence-electron chi connectivity index (χ4n) is 0.684. The highest BCUT2D eigenvalue weighted by atomic mass is 17.1. The molecule has 1 N–H and O–H groups in total. The number of hydrogen-bond donors (Lipinski definition) is 1. The van der Waals surface area contributed by atoms with E-state index >= 15 is 0 Å². The van der Waals surface area contributed by atoms with Crippen molar-refractivity contribution < 1.29 is 19.7 Å². The third-order valence-electron chi connectivity index (χ3n) is 1.27. The molecule has 0 saturated carbocycles. The monoisotopic (exact) mass is 146 g/mol. The fourth-order valence-corrected chi connectivity index (χ4v) is 0.684. The molecule has 0 fully saturated rings. The molecule has 0 aromatic rings. The Morgan fingerprint density at radius 2 is 2.10 bits per heavy atom. The molecule has 1 atom stereocenters. The Balaban J connectivity index is 4.06. The molecule has 0 spiro atoms. The minimum Gasteiger partial charge on any atom is -0.300 e. The fraction of sp³-hybridized carbons (Fsp3) is 0.667. The Labute approximate surface area is 58.7 Å². The van der Waals surface area contributed by atoms with E-state index in [2.05, 4.69) is 4.89 Å². The van der Waals surface area contributed by atoms with Gasteiger partial charge in [0.05, 0.1) is 0 Å². The topological polar surface area (TPSA) is 63.6 Å². The van der Waals surface area contributed by atoms with Crippen molar-refractivity contribution in [3.63, 3.8) is 0 Å². The van der Waals surface area contributed by atoms with Crippen LogP contribution in [0.5, 0.6) is 0 Å². The van der Waals surface area contributed by atoms with Crippen LogP contribution in [-0.4, -0.2) is 17.0 Å². The zero-order valence-electron chi connectivity index (χ0n) is 5.96. The van der Waals surface area contributed by atoms with E-state index in [9.17, 15) is 9.59 Å². The summed E-state index contributed by atoms with van der Waals surface area (Å²) < 4.78 is 0. The number of Topliss-reactive ketones (excluding diaryl/α,β-unsaturated/α-hetero) is 1. The number of hydrogen-bond acceptors (Lipinski definition) is 4. The highest BCUT2D eigenvalue weighted by molar-refractivity contribution is 5.97. The van der Waals surface area contributed by atoms with Crippen LogP contribution in [0.25, 0.3) is 0 Å². The molecule has 0 heterocycles. The summed E-state index contributed by atoms with van der Waals surface area (Å²) in [7, 11) is 0. The van der Waals surface area contributed by atoms with Gasteiger partial charge < -0.3 is 4.89 Å². The zero-order chi connectivity index (χ0) is 8.15. The van der Waals surface area contributed by atoms with Crippen molar-refractivity contribution in [3.8, 4) is 0 Å². The van der Waals surface area contributed by atoms with Gasteiger partial charge in [0, 0.05) is 0 Å². The zero-order valence-corrected chi connectivity index (χ0v) is 5.96. The van der Waals surface area contributed by atoms with Crippen LogP contribution in [0.15, 0.2) is 0 Å². The number of carbonyl (C=O) groups is 2. The average Bonchev–Trinajstić information content (AvgIpc) is 1.88. The van der Waals surface area contributed by atoms with Crippen LogP contribution in [0.1, 0.15) is 20.3 Å². The number of ketones is 1. The van der Waals surface area contributed by atoms with Crippen LogP contribution < -0.4 is 0 Å². The van der Waals surface area contributed by atoms with Gasteiger partial charge in [-0.2, -0.15) is 5.26 Å². The molecular formula is C6H10O4. The first-order chi connectivity index (χ1) is 4.63. The van der Waals surface area contributed by atoms with Crippen molar-refractivity contribution in [2.24, 2.45) is 5.92 Å². The molecule has 4 nitrogen and oxygen atoms in total. The number of carbonyl (C=O) groups excluding carboxylic acids is 2. The van der Waals surface area contributed by atoms with Gasteiger partial charge in [-0.25, -0.2) is 4.79 Å². The summed E-state index contributed by atoms with van der Waals surface area (Å²) in [5.74, 6) is -1.98. The second kappa shape index (κ2) is 4.00. The Bertz CT molecular complexity index is 141. The minimum absolute atomic E-state index is 0.290. The van der Waals surface area contributed by atoms with Gasteiger partial charge in [-0.1, -0.05) is 6.92 Å². The number of rotatable bonds is 3. The van der Waals surface area contributed by atoms with Gasteiger partial charge in [-0.3, -0.25) is 4.79 Å². The Morgan fingerprint density at radius 1 is 1.60 bits per heavy atom. The molecule has 0 aliphatic heterocycles. The molecule has 1 unspecified atom stereocenters. The van der Waals surface area contributed by atoms with Crippen LogP contribution in [0.4, 0.5) is 0 Å². The maximum Gasteiger partial charge on any atom is 0.352 e. The lowest BCUT2D eigenvalue weighted by Crippen LogP contribution is -2.22. The highest BCUT2D eigenvalue weighted by Crippen LogP contribution is 2.04. The predicted molar refractivity (Wildman–Crippen MR) is 33.2 cm³/mol. The van der Waals surface area contributed by atoms with Gasteiger partial charge in [-0.05, 0) is 13.3 Å². The van der Waals surface area contributed by atoms with Gasteiger partial charge in [0.2, 0.25) is 0 Å². The van der Waals surface area contributed by atoms with Gasteiger partial charge >= 0.3 is 5.97 Å². The van der Waals surface area contributed by atoms with Gasteiger partial charge in [0.15, 0.2) is 0 Å². The standard InChI is InChI=1S/C6H10O4/c1-3-5(4(2)7)6(8)10-9/h5,9H,3H2,1-2H3. The van der Waals surface area contributed by atoms with E-state index in [0.717, 1.165) is 0 Å². The smallest absolute Gasteiger partial charge is 0.300 e. The molecule has 0 bridgehead atoms. The largest absolute Gasteiger partial charge is 0.352 e. The predicted octanol–water partition coefficient (Wildman–Crippen LogP) is 0.618. The average molecular weight is 146 g/mol. The third-order valence-corrected chi connectivity index (χ3v) is 1.27. The maximum atomic E-state index is 10.6. The third kappa shape index (κ3) is 2.14. The lowest BCUT2D eigenvalue weighted by molar-refractivity contribution is -0.238. The second-order valence-electron chi connectivity index (χ2n) is 1.98.